The third-order valence-corrected chi connectivity index (χ3v) is 4.56. The number of rotatable bonds is 7. The van der Waals surface area contributed by atoms with E-state index in [0.29, 0.717) is 18.0 Å². The third-order valence-electron chi connectivity index (χ3n) is 4.56. The Labute approximate surface area is 165 Å². The van der Waals surface area contributed by atoms with E-state index in [4.69, 9.17) is 9.47 Å². The minimum Gasteiger partial charge on any atom is -0.493 e. The van der Waals surface area contributed by atoms with Gasteiger partial charge in [0.25, 0.3) is 0 Å². The van der Waals surface area contributed by atoms with E-state index in [1.807, 2.05) is 25.1 Å². The molecule has 0 atom stereocenters. The van der Waals surface area contributed by atoms with Gasteiger partial charge in [-0.05, 0) is 49.6 Å². The molecule has 1 aliphatic rings. The van der Waals surface area contributed by atoms with E-state index in [2.05, 4.69) is 20.2 Å². The summed E-state index contributed by atoms with van der Waals surface area (Å²) in [7, 11) is 3.17. The van der Waals surface area contributed by atoms with Gasteiger partial charge in [0.2, 0.25) is 11.9 Å². The van der Waals surface area contributed by atoms with Crippen molar-refractivity contribution in [2.45, 2.75) is 26.3 Å². The Balaban J connectivity index is 1.60. The second kappa shape index (κ2) is 9.21. The van der Waals surface area contributed by atoms with Crippen molar-refractivity contribution in [2.24, 2.45) is 0 Å². The number of carbonyl (C=O) groups excluding carboxylic acids is 1. The average Bonchev–Trinajstić information content (AvgIpc) is 3.25. The maximum absolute atomic E-state index is 12.2. The number of aromatic nitrogens is 2. The molecule has 1 aromatic heterocycles. The zero-order valence-electron chi connectivity index (χ0n) is 16.6. The lowest BCUT2D eigenvalue weighted by molar-refractivity contribution is -0.116. The van der Waals surface area contributed by atoms with Crippen molar-refractivity contribution < 1.29 is 14.3 Å². The van der Waals surface area contributed by atoms with Crippen LogP contribution in [-0.2, 0) is 11.3 Å². The van der Waals surface area contributed by atoms with Gasteiger partial charge >= 0.3 is 0 Å². The molecule has 0 bridgehead atoms. The Morgan fingerprint density at radius 1 is 1.14 bits per heavy atom. The van der Waals surface area contributed by atoms with Crippen LogP contribution in [0.2, 0.25) is 0 Å². The van der Waals surface area contributed by atoms with Crippen molar-refractivity contribution >= 4 is 17.9 Å². The van der Waals surface area contributed by atoms with E-state index < -0.39 is 0 Å². The summed E-state index contributed by atoms with van der Waals surface area (Å²) in [4.78, 5) is 23.5. The highest BCUT2D eigenvalue weighted by Gasteiger charge is 2.16. The van der Waals surface area contributed by atoms with E-state index in [9.17, 15) is 4.79 Å². The van der Waals surface area contributed by atoms with Crippen molar-refractivity contribution in [3.63, 3.8) is 0 Å². The van der Waals surface area contributed by atoms with Crippen molar-refractivity contribution in [2.75, 3.05) is 32.2 Å². The highest BCUT2D eigenvalue weighted by atomic mass is 16.5. The zero-order valence-corrected chi connectivity index (χ0v) is 16.6. The molecular weight excluding hydrogens is 356 g/mol. The monoisotopic (exact) mass is 382 g/mol. The molecule has 1 saturated heterocycles. The van der Waals surface area contributed by atoms with E-state index in [-0.39, 0.29) is 5.91 Å². The Morgan fingerprint density at radius 2 is 1.89 bits per heavy atom. The summed E-state index contributed by atoms with van der Waals surface area (Å²) < 4.78 is 10.5. The fourth-order valence-electron chi connectivity index (χ4n) is 3.13. The van der Waals surface area contributed by atoms with Gasteiger partial charge in [0.15, 0.2) is 11.5 Å². The molecule has 0 unspecified atom stereocenters. The summed E-state index contributed by atoms with van der Waals surface area (Å²) in [6.45, 7) is 4.29. The Kier molecular flexibility index (Phi) is 6.47. The first-order chi connectivity index (χ1) is 13.6. The van der Waals surface area contributed by atoms with Crippen LogP contribution in [0.25, 0.3) is 6.08 Å². The smallest absolute Gasteiger partial charge is 0.244 e. The first-order valence-corrected chi connectivity index (χ1v) is 9.36. The number of ether oxygens (including phenoxy) is 2. The Hall–Kier alpha value is -3.09. The molecule has 1 aliphatic heterocycles. The van der Waals surface area contributed by atoms with Gasteiger partial charge in [-0.25, -0.2) is 9.97 Å². The molecule has 1 aromatic carbocycles. The van der Waals surface area contributed by atoms with Gasteiger partial charge in [-0.3, -0.25) is 4.79 Å². The minimum atomic E-state index is -0.186. The first kappa shape index (κ1) is 19.7. The van der Waals surface area contributed by atoms with E-state index in [0.717, 1.165) is 36.0 Å². The van der Waals surface area contributed by atoms with Crippen LogP contribution in [0.15, 0.2) is 30.3 Å². The summed E-state index contributed by atoms with van der Waals surface area (Å²) >= 11 is 0. The fraction of sp³-hybridized carbons (Fsp3) is 0.381. The average molecular weight is 382 g/mol. The van der Waals surface area contributed by atoms with Crippen LogP contribution in [0.5, 0.6) is 11.5 Å². The zero-order chi connectivity index (χ0) is 19.9. The molecule has 1 fully saturated rings. The molecular formula is C21H26N4O3. The lowest BCUT2D eigenvalue weighted by Crippen LogP contribution is -2.24. The highest BCUT2D eigenvalue weighted by Crippen LogP contribution is 2.27. The molecule has 1 amide bonds. The maximum Gasteiger partial charge on any atom is 0.244 e. The summed E-state index contributed by atoms with van der Waals surface area (Å²) in [6, 6.07) is 7.39. The number of aryl methyl sites for hydroxylation is 1. The predicted molar refractivity (Wildman–Crippen MR) is 109 cm³/mol. The molecule has 3 rings (SSSR count). The van der Waals surface area contributed by atoms with E-state index in [1.165, 1.54) is 18.9 Å². The summed E-state index contributed by atoms with van der Waals surface area (Å²) in [5.74, 6) is 1.84. The van der Waals surface area contributed by atoms with Crippen molar-refractivity contribution in [1.82, 2.24) is 15.3 Å². The fourth-order valence-corrected chi connectivity index (χ4v) is 3.13. The number of methoxy groups -OCH3 is 2. The second-order valence-corrected chi connectivity index (χ2v) is 6.66. The van der Waals surface area contributed by atoms with Gasteiger partial charge in [0, 0.05) is 24.9 Å². The molecule has 1 N–H and O–H groups in total. The molecule has 2 heterocycles. The Morgan fingerprint density at radius 3 is 2.61 bits per heavy atom. The third kappa shape index (κ3) is 5.00. The molecule has 0 spiro atoms. The largest absolute Gasteiger partial charge is 0.493 e. The van der Waals surface area contributed by atoms with Gasteiger partial charge < -0.3 is 19.7 Å². The number of anilines is 1. The summed E-state index contributed by atoms with van der Waals surface area (Å²) in [6.07, 6.45) is 5.57. The summed E-state index contributed by atoms with van der Waals surface area (Å²) in [5, 5.41) is 2.87. The lowest BCUT2D eigenvalue weighted by Gasteiger charge is -2.16. The van der Waals surface area contributed by atoms with Crippen LogP contribution in [-0.4, -0.2) is 43.2 Å². The van der Waals surface area contributed by atoms with Gasteiger partial charge in [0.05, 0.1) is 26.5 Å². The van der Waals surface area contributed by atoms with Crippen molar-refractivity contribution in [1.29, 1.82) is 0 Å². The van der Waals surface area contributed by atoms with E-state index in [1.54, 1.807) is 26.4 Å². The predicted octanol–water partition coefficient (Wildman–Crippen LogP) is 2.73. The minimum absolute atomic E-state index is 0.186. The van der Waals surface area contributed by atoms with Crippen LogP contribution >= 0.6 is 0 Å². The quantitative estimate of drug-likeness (QED) is 0.742. The van der Waals surface area contributed by atoms with Crippen molar-refractivity contribution in [3.05, 3.63) is 47.3 Å². The molecule has 0 aliphatic carbocycles. The molecule has 2 aromatic rings. The Bertz CT molecular complexity index is 861. The normalized spacial score (nSPS) is 13.8. The van der Waals surface area contributed by atoms with Crippen molar-refractivity contribution in [3.8, 4) is 11.5 Å². The summed E-state index contributed by atoms with van der Waals surface area (Å²) in [5.41, 5.74) is 2.56. The molecule has 0 radical (unpaired) electrons. The number of carbonyl (C=O) groups is 1. The SMILES string of the molecule is COc1ccc(/C=C/C(=O)NCc2cc(C)nc(N3CCCC3)n2)cc1OC. The van der Waals surface area contributed by atoms with Crippen LogP contribution in [0.4, 0.5) is 5.95 Å². The second-order valence-electron chi connectivity index (χ2n) is 6.66. The standard InChI is InChI=1S/C21H26N4O3/c1-15-12-17(24-21(23-15)25-10-4-5-11-25)14-22-20(26)9-7-16-6-8-18(27-2)19(13-16)28-3/h6-9,12-13H,4-5,10-11,14H2,1-3H3,(H,22,26)/b9-7+. The number of nitrogens with one attached hydrogen (secondary N) is 1. The molecule has 148 valence electrons. The van der Waals surface area contributed by atoms with Crippen LogP contribution in [0, 0.1) is 6.92 Å². The number of hydrogen-bond donors (Lipinski definition) is 1. The lowest BCUT2D eigenvalue weighted by atomic mass is 10.2. The number of nitrogens with zero attached hydrogens (tertiary/aromatic N) is 3. The van der Waals surface area contributed by atoms with Crippen LogP contribution in [0.1, 0.15) is 29.8 Å². The maximum atomic E-state index is 12.2. The van der Waals surface area contributed by atoms with Crippen LogP contribution < -0.4 is 19.7 Å². The topological polar surface area (TPSA) is 76.6 Å². The molecule has 0 saturated carbocycles. The van der Waals surface area contributed by atoms with Crippen LogP contribution in [0.3, 0.4) is 0 Å². The molecule has 7 heteroatoms. The molecule has 7 nitrogen and oxygen atoms in total. The van der Waals surface area contributed by atoms with Gasteiger partial charge in [-0.2, -0.15) is 0 Å². The first-order valence-electron chi connectivity index (χ1n) is 9.36. The number of benzene rings is 1. The van der Waals surface area contributed by atoms with Gasteiger partial charge in [-0.1, -0.05) is 6.07 Å². The molecule has 28 heavy (non-hydrogen) atoms. The van der Waals surface area contributed by atoms with E-state index >= 15 is 0 Å². The number of hydrogen-bond acceptors (Lipinski definition) is 6. The highest BCUT2D eigenvalue weighted by molar-refractivity contribution is 5.91. The van der Waals surface area contributed by atoms with Gasteiger partial charge in [0.1, 0.15) is 0 Å². The number of amides is 1. The van der Waals surface area contributed by atoms with Gasteiger partial charge in [-0.15, -0.1) is 0 Å².